The van der Waals surface area contributed by atoms with Gasteiger partial charge in [0.05, 0.1) is 5.29 Å². The van der Waals surface area contributed by atoms with Gasteiger partial charge in [-0.2, -0.15) is 8.78 Å². The number of alkyl halides is 4. The molecule has 2 aliphatic carbocycles. The monoisotopic (exact) mass is 407 g/mol. The minimum absolute atomic E-state index is 0.0685. The number of nitrogens with one attached hydrogen (secondary N) is 1. The largest absolute Gasteiger partial charge is 0.360 e. The van der Waals surface area contributed by atoms with E-state index in [0.29, 0.717) is 12.8 Å². The van der Waals surface area contributed by atoms with Gasteiger partial charge in [0.25, 0.3) is 0 Å². The van der Waals surface area contributed by atoms with Crippen LogP contribution >= 0.6 is 0 Å². The van der Waals surface area contributed by atoms with Crippen LogP contribution < -0.4 is 10.2 Å². The van der Waals surface area contributed by atoms with Crippen LogP contribution in [0.2, 0.25) is 0 Å². The van der Waals surface area contributed by atoms with E-state index in [2.05, 4.69) is 21.7 Å². The van der Waals surface area contributed by atoms with E-state index >= 15 is 0 Å². The Hall–Kier alpha value is -1.74. The molecule has 1 heterocycles. The van der Waals surface area contributed by atoms with Crippen LogP contribution in [0.25, 0.3) is 0 Å². The maximum absolute atomic E-state index is 13.0. The molecular weight excluding hydrogens is 381 g/mol. The highest BCUT2D eigenvalue weighted by atomic mass is 19.3. The van der Waals surface area contributed by atoms with Gasteiger partial charge in [-0.1, -0.05) is 10.6 Å². The second kappa shape index (κ2) is 9.17. The van der Waals surface area contributed by atoms with Gasteiger partial charge in [-0.25, -0.2) is 13.8 Å². The van der Waals surface area contributed by atoms with Crippen molar-refractivity contribution in [2.24, 2.45) is 11.8 Å². The second-order valence-electron chi connectivity index (χ2n) is 7.36. The summed E-state index contributed by atoms with van der Waals surface area (Å²) in [7, 11) is 1.82. The zero-order valence-corrected chi connectivity index (χ0v) is 16.0. The summed E-state index contributed by atoms with van der Waals surface area (Å²) in [6.45, 7) is 3.89. The fraction of sp³-hybridized carbons (Fsp3) is 0.632. The molecule has 0 saturated heterocycles. The van der Waals surface area contributed by atoms with Gasteiger partial charge < -0.3 is 10.2 Å². The molecule has 2 saturated carbocycles. The van der Waals surface area contributed by atoms with Crippen molar-refractivity contribution >= 4 is 0 Å². The summed E-state index contributed by atoms with van der Waals surface area (Å²) in [5.74, 6) is -1.82. The van der Waals surface area contributed by atoms with Gasteiger partial charge in [0.2, 0.25) is 11.8 Å². The van der Waals surface area contributed by atoms with Crippen LogP contribution in [0.15, 0.2) is 31.0 Å². The van der Waals surface area contributed by atoms with Crippen molar-refractivity contribution in [3.63, 3.8) is 0 Å². The molecule has 4 nitrogen and oxygen atoms in total. The lowest BCUT2D eigenvalue weighted by atomic mass is 9.79. The normalized spacial score (nSPS) is 20.0. The SMILES string of the molecule is C=CCC1CC(F)(F)C1.CNC(c1ccnc(ON(F)C(C)(F)F)c1)C1CC1. The molecule has 3 rings (SSSR count). The number of pyridine rings is 1. The Balaban J connectivity index is 0.000000261. The van der Waals surface area contributed by atoms with Crippen molar-refractivity contribution in [3.8, 4) is 5.88 Å². The molecule has 2 aliphatic rings. The van der Waals surface area contributed by atoms with Crippen LogP contribution in [0.5, 0.6) is 5.88 Å². The zero-order chi connectivity index (χ0) is 20.9. The maximum atomic E-state index is 13.0. The van der Waals surface area contributed by atoms with Crippen molar-refractivity contribution in [1.82, 2.24) is 15.6 Å². The molecule has 158 valence electrons. The van der Waals surface area contributed by atoms with Crippen LogP contribution in [0.3, 0.4) is 0 Å². The summed E-state index contributed by atoms with van der Waals surface area (Å²) in [6.07, 6.45) is 6.24. The van der Waals surface area contributed by atoms with E-state index in [4.69, 9.17) is 0 Å². The summed E-state index contributed by atoms with van der Waals surface area (Å²) < 4.78 is 62.4. The number of hydrogen-bond donors (Lipinski definition) is 1. The van der Waals surface area contributed by atoms with Crippen LogP contribution in [0, 0.1) is 11.8 Å². The number of rotatable bonds is 8. The molecule has 1 N–H and O–H groups in total. The lowest BCUT2D eigenvalue weighted by Gasteiger charge is -2.34. The highest BCUT2D eigenvalue weighted by Crippen LogP contribution is 2.44. The molecule has 0 amide bonds. The first-order chi connectivity index (χ1) is 13.1. The average Bonchev–Trinajstić information content (AvgIpc) is 3.39. The number of allylic oxidation sites excluding steroid dienone is 1. The highest BCUT2D eigenvalue weighted by molar-refractivity contribution is 5.25. The third-order valence-electron chi connectivity index (χ3n) is 4.68. The molecule has 1 aromatic heterocycles. The van der Waals surface area contributed by atoms with E-state index in [1.165, 1.54) is 12.3 Å². The van der Waals surface area contributed by atoms with Crippen molar-refractivity contribution < 1.29 is 26.9 Å². The highest BCUT2D eigenvalue weighted by Gasteiger charge is 2.44. The first kappa shape index (κ1) is 22.5. The summed E-state index contributed by atoms with van der Waals surface area (Å²) in [5, 5.41) is 2.16. The van der Waals surface area contributed by atoms with Gasteiger partial charge in [0, 0.05) is 38.1 Å². The minimum atomic E-state index is -3.71. The van der Waals surface area contributed by atoms with E-state index in [-0.39, 0.29) is 30.7 Å². The van der Waals surface area contributed by atoms with Crippen molar-refractivity contribution in [2.45, 2.75) is 57.0 Å². The summed E-state index contributed by atoms with van der Waals surface area (Å²) in [4.78, 5) is 8.12. The molecule has 28 heavy (non-hydrogen) atoms. The minimum Gasteiger partial charge on any atom is -0.350 e. The fourth-order valence-electron chi connectivity index (χ4n) is 3.12. The molecule has 0 spiro atoms. The smallest absolute Gasteiger partial charge is 0.350 e. The third kappa shape index (κ3) is 6.70. The van der Waals surface area contributed by atoms with E-state index in [1.54, 1.807) is 12.1 Å². The Morgan fingerprint density at radius 3 is 2.54 bits per heavy atom. The average molecular weight is 407 g/mol. The van der Waals surface area contributed by atoms with E-state index in [1.807, 2.05) is 7.05 Å². The fourth-order valence-corrected chi connectivity index (χ4v) is 3.12. The number of nitrogens with zero attached hydrogens (tertiary/aromatic N) is 2. The zero-order valence-electron chi connectivity index (χ0n) is 16.0. The quantitative estimate of drug-likeness (QED) is 0.204. The number of halogens is 5. The van der Waals surface area contributed by atoms with Gasteiger partial charge in [-0.15, -0.1) is 6.58 Å². The molecule has 0 bridgehead atoms. The van der Waals surface area contributed by atoms with Gasteiger partial charge in [0.15, 0.2) is 0 Å². The lowest BCUT2D eigenvalue weighted by Crippen LogP contribution is -2.35. The second-order valence-corrected chi connectivity index (χ2v) is 7.36. The van der Waals surface area contributed by atoms with Crippen LogP contribution in [0.4, 0.5) is 22.0 Å². The van der Waals surface area contributed by atoms with Crippen molar-refractivity contribution in [2.75, 3.05) is 7.05 Å². The third-order valence-corrected chi connectivity index (χ3v) is 4.68. The molecule has 0 radical (unpaired) electrons. The van der Waals surface area contributed by atoms with E-state index in [9.17, 15) is 22.0 Å². The van der Waals surface area contributed by atoms with Crippen molar-refractivity contribution in [1.29, 1.82) is 0 Å². The molecule has 2 fully saturated rings. The molecule has 0 aliphatic heterocycles. The summed E-state index contributed by atoms with van der Waals surface area (Å²) in [6, 6.07) is -0.367. The first-order valence-electron chi connectivity index (χ1n) is 9.19. The standard InChI is InChI=1S/C12H16F3N3O.C7H10F2/c1-12(13,14)18(15)19-10-7-9(5-6-17-10)11(16-2)8-3-4-8;1-2-3-6-4-7(8,9)5-6/h5-8,11,16H,3-4H2,1-2H3;2,6H,1,3-5H2. The van der Waals surface area contributed by atoms with Gasteiger partial charge in [-0.05, 0) is 49.8 Å². The first-order valence-corrected chi connectivity index (χ1v) is 9.19. The molecule has 1 atom stereocenters. The predicted octanol–water partition coefficient (Wildman–Crippen LogP) is 5.45. The Morgan fingerprint density at radius 1 is 1.43 bits per heavy atom. The molecular formula is C19H26F5N3O. The topological polar surface area (TPSA) is 37.4 Å². The molecule has 1 unspecified atom stereocenters. The van der Waals surface area contributed by atoms with Crippen LogP contribution in [-0.2, 0) is 0 Å². The number of aromatic nitrogens is 1. The Labute approximate surface area is 161 Å². The Morgan fingerprint density at radius 2 is 2.07 bits per heavy atom. The lowest BCUT2D eigenvalue weighted by molar-refractivity contribution is -0.356. The summed E-state index contributed by atoms with van der Waals surface area (Å²) >= 11 is 0. The summed E-state index contributed by atoms with van der Waals surface area (Å²) in [5.41, 5.74) is 0.850. The van der Waals surface area contributed by atoms with Crippen molar-refractivity contribution in [3.05, 3.63) is 36.5 Å². The Kier molecular flexibility index (Phi) is 7.39. The molecule has 9 heteroatoms. The van der Waals surface area contributed by atoms with Gasteiger partial charge in [0.1, 0.15) is 0 Å². The van der Waals surface area contributed by atoms with Crippen LogP contribution in [0.1, 0.15) is 50.6 Å². The van der Waals surface area contributed by atoms with E-state index < -0.39 is 17.3 Å². The van der Waals surface area contributed by atoms with Crippen LogP contribution in [-0.4, -0.2) is 29.3 Å². The van der Waals surface area contributed by atoms with E-state index in [0.717, 1.165) is 24.8 Å². The maximum Gasteiger partial charge on any atom is 0.360 e. The number of hydrogen-bond acceptors (Lipinski definition) is 4. The van der Waals surface area contributed by atoms with Gasteiger partial charge in [-0.3, -0.25) is 0 Å². The predicted molar refractivity (Wildman–Crippen MR) is 95.4 cm³/mol. The molecule has 0 aromatic carbocycles. The number of hydroxylamine groups is 1. The molecule has 1 aromatic rings. The Bertz CT molecular complexity index is 641. The van der Waals surface area contributed by atoms with Gasteiger partial charge >= 0.3 is 6.05 Å².